The second-order valence-electron chi connectivity index (χ2n) is 9.20. The molecule has 0 spiro atoms. The Morgan fingerprint density at radius 2 is 1.46 bits per heavy atom. The van der Waals surface area contributed by atoms with Crippen LogP contribution in [0.4, 0.5) is 0 Å². The molecule has 0 aliphatic rings. The van der Waals surface area contributed by atoms with E-state index in [1.807, 2.05) is 83.4 Å². The molecular formula is C31H23N5O3S2. The Balaban J connectivity index is 1.47. The van der Waals surface area contributed by atoms with Crippen LogP contribution in [0.25, 0.3) is 39.2 Å². The second kappa shape index (κ2) is 11.1. The number of rotatable bonds is 8. The maximum absolute atomic E-state index is 12.9. The van der Waals surface area contributed by atoms with Crippen LogP contribution in [-0.2, 0) is 10.0 Å². The van der Waals surface area contributed by atoms with Crippen molar-refractivity contribution in [1.82, 2.24) is 19.7 Å². The summed E-state index contributed by atoms with van der Waals surface area (Å²) >= 11 is 1.33. The van der Waals surface area contributed by atoms with E-state index in [0.717, 1.165) is 27.7 Å². The molecule has 4 aromatic carbocycles. The first-order valence-electron chi connectivity index (χ1n) is 12.6. The fourth-order valence-electron chi connectivity index (χ4n) is 4.51. The van der Waals surface area contributed by atoms with Crippen molar-refractivity contribution in [2.24, 2.45) is 5.14 Å². The molecule has 0 atom stereocenters. The van der Waals surface area contributed by atoms with Crippen molar-refractivity contribution in [3.63, 3.8) is 0 Å². The van der Waals surface area contributed by atoms with Gasteiger partial charge in [0.05, 0.1) is 21.9 Å². The standard InChI is InChI=1S/C31H23N5O3S2/c32-41(38,39)24-17-15-21(16-18-24)28-19-26(25-13-7-8-14-27(25)33-28)30-34-35-31(36(30)23-11-5-2-6-12-23)40-20-29(37)22-9-3-1-4-10-22/h1-19H,20H2,(H2,32,38,39). The monoisotopic (exact) mass is 577 g/mol. The number of carbonyl (C=O) groups excluding carboxylic acids is 1. The van der Waals surface area contributed by atoms with Crippen molar-refractivity contribution >= 4 is 38.5 Å². The molecule has 0 fully saturated rings. The first-order valence-corrected chi connectivity index (χ1v) is 15.2. The van der Waals surface area contributed by atoms with Crippen LogP contribution in [0.5, 0.6) is 0 Å². The van der Waals surface area contributed by atoms with Gasteiger partial charge in [0.15, 0.2) is 16.8 Å². The van der Waals surface area contributed by atoms with Gasteiger partial charge in [-0.3, -0.25) is 9.36 Å². The number of carbonyl (C=O) groups is 1. The van der Waals surface area contributed by atoms with E-state index in [1.165, 1.54) is 23.9 Å². The zero-order valence-electron chi connectivity index (χ0n) is 21.6. The molecule has 0 radical (unpaired) electrons. The van der Waals surface area contributed by atoms with Crippen molar-refractivity contribution in [3.8, 4) is 28.3 Å². The van der Waals surface area contributed by atoms with E-state index in [2.05, 4.69) is 10.2 Å². The molecule has 6 rings (SSSR count). The van der Waals surface area contributed by atoms with Gasteiger partial charge in [0.25, 0.3) is 0 Å². The van der Waals surface area contributed by atoms with Crippen LogP contribution in [-0.4, -0.2) is 39.7 Å². The molecule has 0 saturated heterocycles. The Labute approximate surface area is 241 Å². The van der Waals surface area contributed by atoms with Gasteiger partial charge in [-0.15, -0.1) is 10.2 Å². The second-order valence-corrected chi connectivity index (χ2v) is 11.7. The molecular weight excluding hydrogens is 555 g/mol. The normalized spacial score (nSPS) is 11.5. The van der Waals surface area contributed by atoms with E-state index < -0.39 is 10.0 Å². The van der Waals surface area contributed by atoms with Gasteiger partial charge < -0.3 is 0 Å². The molecule has 2 aromatic heterocycles. The molecule has 0 aliphatic carbocycles. The summed E-state index contributed by atoms with van der Waals surface area (Å²) in [6, 6.07) is 34.8. The van der Waals surface area contributed by atoms with Gasteiger partial charge in [-0.05, 0) is 36.4 Å². The quantitative estimate of drug-likeness (QED) is 0.180. The summed E-state index contributed by atoms with van der Waals surface area (Å²) in [7, 11) is -3.82. The van der Waals surface area contributed by atoms with E-state index in [9.17, 15) is 13.2 Å². The van der Waals surface area contributed by atoms with E-state index in [0.29, 0.717) is 22.2 Å². The molecule has 202 valence electrons. The van der Waals surface area contributed by atoms with Crippen molar-refractivity contribution in [2.45, 2.75) is 10.1 Å². The van der Waals surface area contributed by atoms with Crippen LogP contribution in [0, 0.1) is 0 Å². The van der Waals surface area contributed by atoms with Gasteiger partial charge in [-0.2, -0.15) is 0 Å². The number of thioether (sulfide) groups is 1. The number of Topliss-reactive ketones (excluding diaryl/α,β-unsaturated/α-hetero) is 1. The number of pyridine rings is 1. The minimum Gasteiger partial charge on any atom is -0.293 e. The van der Waals surface area contributed by atoms with Gasteiger partial charge in [-0.1, -0.05) is 90.6 Å². The highest BCUT2D eigenvalue weighted by Crippen LogP contribution is 2.35. The first kappa shape index (κ1) is 26.6. The minimum absolute atomic E-state index is 0.000603. The molecule has 6 aromatic rings. The van der Waals surface area contributed by atoms with Gasteiger partial charge in [0.2, 0.25) is 10.0 Å². The Morgan fingerprint density at radius 3 is 2.17 bits per heavy atom. The van der Waals surface area contributed by atoms with Crippen molar-refractivity contribution < 1.29 is 13.2 Å². The third kappa shape index (κ3) is 5.53. The number of sulfonamides is 1. The van der Waals surface area contributed by atoms with E-state index in [-0.39, 0.29) is 16.4 Å². The largest absolute Gasteiger partial charge is 0.293 e. The zero-order chi connectivity index (χ0) is 28.4. The van der Waals surface area contributed by atoms with Crippen molar-refractivity contribution in [1.29, 1.82) is 0 Å². The average molecular weight is 578 g/mol. The Morgan fingerprint density at radius 1 is 0.805 bits per heavy atom. The highest BCUT2D eigenvalue weighted by atomic mass is 32.2. The zero-order valence-corrected chi connectivity index (χ0v) is 23.2. The SMILES string of the molecule is NS(=O)(=O)c1ccc(-c2cc(-c3nnc(SCC(=O)c4ccccc4)n3-c3ccccc3)c3ccccc3n2)cc1. The van der Waals surface area contributed by atoms with Crippen LogP contribution in [0.15, 0.2) is 125 Å². The first-order chi connectivity index (χ1) is 19.9. The van der Waals surface area contributed by atoms with Crippen LogP contribution < -0.4 is 5.14 Å². The molecule has 0 bridgehead atoms. The van der Waals surface area contributed by atoms with Crippen molar-refractivity contribution in [2.75, 3.05) is 5.75 Å². The van der Waals surface area contributed by atoms with Crippen LogP contribution in [0.2, 0.25) is 0 Å². The molecule has 2 heterocycles. The lowest BCUT2D eigenvalue weighted by Gasteiger charge is -2.13. The number of hydrogen-bond donors (Lipinski definition) is 1. The summed E-state index contributed by atoms with van der Waals surface area (Å²) < 4.78 is 25.5. The molecule has 8 nitrogen and oxygen atoms in total. The van der Waals surface area contributed by atoms with Gasteiger partial charge in [0, 0.05) is 27.8 Å². The lowest BCUT2D eigenvalue weighted by Crippen LogP contribution is -2.11. The summed E-state index contributed by atoms with van der Waals surface area (Å²) in [4.78, 5) is 17.7. The Kier molecular flexibility index (Phi) is 7.19. The van der Waals surface area contributed by atoms with E-state index in [1.54, 1.807) is 24.3 Å². The highest BCUT2D eigenvalue weighted by molar-refractivity contribution is 7.99. The molecule has 0 saturated carbocycles. The fourth-order valence-corrected chi connectivity index (χ4v) is 5.87. The number of fused-ring (bicyclic) bond motifs is 1. The summed E-state index contributed by atoms with van der Waals surface area (Å²) in [5.74, 6) is 0.791. The third-order valence-corrected chi connectivity index (χ3v) is 8.37. The van der Waals surface area contributed by atoms with Crippen LogP contribution in [0.1, 0.15) is 10.4 Å². The molecule has 0 amide bonds. The van der Waals surface area contributed by atoms with Gasteiger partial charge in [-0.25, -0.2) is 18.5 Å². The highest BCUT2D eigenvalue weighted by Gasteiger charge is 2.21. The molecule has 2 N–H and O–H groups in total. The summed E-state index contributed by atoms with van der Waals surface area (Å²) in [5, 5.41) is 15.8. The van der Waals surface area contributed by atoms with Gasteiger partial charge in [0.1, 0.15) is 0 Å². The number of nitrogens with two attached hydrogens (primary N) is 1. The lowest BCUT2D eigenvalue weighted by atomic mass is 10.0. The van der Waals surface area contributed by atoms with Crippen LogP contribution in [0.3, 0.4) is 0 Å². The summed E-state index contributed by atoms with van der Waals surface area (Å²) in [5.41, 5.74) is 4.38. The Bertz CT molecular complexity index is 1980. The number of primary sulfonamides is 1. The Hall–Kier alpha value is -4.64. The van der Waals surface area contributed by atoms with Crippen LogP contribution >= 0.6 is 11.8 Å². The molecule has 10 heteroatoms. The number of para-hydroxylation sites is 2. The topological polar surface area (TPSA) is 121 Å². The van der Waals surface area contributed by atoms with Gasteiger partial charge >= 0.3 is 0 Å². The lowest BCUT2D eigenvalue weighted by molar-refractivity contribution is 0.102. The number of ketones is 1. The summed E-state index contributed by atoms with van der Waals surface area (Å²) in [6.45, 7) is 0. The predicted octanol–water partition coefficient (Wildman–Crippen LogP) is 5.77. The van der Waals surface area contributed by atoms with E-state index >= 15 is 0 Å². The molecule has 41 heavy (non-hydrogen) atoms. The van der Waals surface area contributed by atoms with E-state index in [4.69, 9.17) is 10.1 Å². The maximum atomic E-state index is 12.9. The average Bonchev–Trinajstić information content (AvgIpc) is 3.43. The maximum Gasteiger partial charge on any atom is 0.238 e. The number of hydrogen-bond acceptors (Lipinski definition) is 7. The summed E-state index contributed by atoms with van der Waals surface area (Å²) in [6.07, 6.45) is 0. The smallest absolute Gasteiger partial charge is 0.238 e. The number of benzene rings is 4. The number of nitrogens with zero attached hydrogens (tertiary/aromatic N) is 4. The molecule has 0 unspecified atom stereocenters. The minimum atomic E-state index is -3.82. The van der Waals surface area contributed by atoms with Crippen molar-refractivity contribution in [3.05, 3.63) is 121 Å². The third-order valence-electron chi connectivity index (χ3n) is 6.51. The molecule has 0 aliphatic heterocycles. The fraction of sp³-hybridized carbons (Fsp3) is 0.0323. The number of aromatic nitrogens is 4. The predicted molar refractivity (Wildman–Crippen MR) is 160 cm³/mol.